The van der Waals surface area contributed by atoms with Crippen LogP contribution < -0.4 is 15.1 Å². The molecule has 0 radical (unpaired) electrons. The molecule has 2 aliphatic rings. The third-order valence-electron chi connectivity index (χ3n) is 5.97. The van der Waals surface area contributed by atoms with Crippen LogP contribution in [0, 0.1) is 0 Å². The largest absolute Gasteiger partial charge is 0.391 e. The lowest BCUT2D eigenvalue weighted by atomic mass is 9.98. The average Bonchev–Trinajstić information content (AvgIpc) is 3.36. The van der Waals surface area contributed by atoms with Gasteiger partial charge < -0.3 is 20.2 Å². The van der Waals surface area contributed by atoms with Gasteiger partial charge >= 0.3 is 0 Å². The Morgan fingerprint density at radius 3 is 2.52 bits per heavy atom. The first-order valence-corrected chi connectivity index (χ1v) is 11.2. The van der Waals surface area contributed by atoms with Crippen molar-refractivity contribution in [2.24, 2.45) is 0 Å². The number of aromatic nitrogens is 2. The summed E-state index contributed by atoms with van der Waals surface area (Å²) >= 11 is 6.59. The number of carbonyl (C=O) groups excluding carboxylic acids is 1. The minimum atomic E-state index is -0.268. The number of aliphatic hydroxyl groups is 1. The van der Waals surface area contributed by atoms with Gasteiger partial charge in [-0.1, -0.05) is 23.7 Å². The SMILES string of the molecule is CN(C)c1ncc(/C=C2\C(=O)Nc3cc(Cl)c(-c4ccc(N5CCC(O)C5)cc4)cc32)cn1. The number of halogens is 1. The van der Waals surface area contributed by atoms with E-state index in [1.807, 2.05) is 49.3 Å². The van der Waals surface area contributed by atoms with Crippen LogP contribution in [0.25, 0.3) is 22.8 Å². The van der Waals surface area contributed by atoms with Crippen LogP contribution >= 0.6 is 11.6 Å². The summed E-state index contributed by atoms with van der Waals surface area (Å²) in [6.45, 7) is 1.50. The topological polar surface area (TPSA) is 81.6 Å². The lowest BCUT2D eigenvalue weighted by Crippen LogP contribution is -2.20. The van der Waals surface area contributed by atoms with Crippen molar-refractivity contribution in [1.82, 2.24) is 9.97 Å². The maximum Gasteiger partial charge on any atom is 0.256 e. The standard InChI is InChI=1S/C25H24ClN5O2/c1-30(2)25-27-12-15(13-28-25)9-21-20-10-19(22(26)11-23(20)29-24(21)33)16-3-5-17(6-4-16)31-8-7-18(32)14-31/h3-6,9-13,18,32H,7-8,14H2,1-2H3,(H,29,33)/b21-9-. The molecule has 1 aromatic heterocycles. The number of β-amino-alcohol motifs (C(OH)–C–C–N with tert-alkyl or cyclic N) is 1. The Labute approximate surface area is 197 Å². The Bertz CT molecular complexity index is 1240. The molecule has 168 valence electrons. The summed E-state index contributed by atoms with van der Waals surface area (Å²) in [6.07, 6.45) is 5.71. The molecule has 0 saturated carbocycles. The molecule has 0 bridgehead atoms. The molecule has 0 spiro atoms. The molecule has 1 fully saturated rings. The predicted octanol–water partition coefficient (Wildman–Crippen LogP) is 3.93. The minimum absolute atomic E-state index is 0.183. The van der Waals surface area contributed by atoms with Crippen molar-refractivity contribution in [1.29, 1.82) is 0 Å². The maximum absolute atomic E-state index is 12.7. The second kappa shape index (κ2) is 8.50. The lowest BCUT2D eigenvalue weighted by molar-refractivity contribution is -0.110. The van der Waals surface area contributed by atoms with E-state index >= 15 is 0 Å². The zero-order chi connectivity index (χ0) is 23.1. The zero-order valence-electron chi connectivity index (χ0n) is 18.4. The van der Waals surface area contributed by atoms with E-state index in [9.17, 15) is 9.90 Å². The number of hydrogen-bond acceptors (Lipinski definition) is 6. The van der Waals surface area contributed by atoms with Crippen molar-refractivity contribution in [2.45, 2.75) is 12.5 Å². The van der Waals surface area contributed by atoms with E-state index in [2.05, 4.69) is 20.2 Å². The highest BCUT2D eigenvalue weighted by atomic mass is 35.5. The number of rotatable bonds is 4. The van der Waals surface area contributed by atoms with E-state index in [1.54, 1.807) is 24.5 Å². The highest BCUT2D eigenvalue weighted by molar-refractivity contribution is 6.38. The van der Waals surface area contributed by atoms with E-state index in [4.69, 9.17) is 11.6 Å². The van der Waals surface area contributed by atoms with Crippen LogP contribution in [-0.4, -0.2) is 54.3 Å². The fourth-order valence-electron chi connectivity index (χ4n) is 4.21. The van der Waals surface area contributed by atoms with Gasteiger partial charge in [-0.3, -0.25) is 4.79 Å². The van der Waals surface area contributed by atoms with Crippen LogP contribution in [-0.2, 0) is 4.79 Å². The number of nitrogens with zero attached hydrogens (tertiary/aromatic N) is 4. The monoisotopic (exact) mass is 461 g/mol. The van der Waals surface area contributed by atoms with E-state index in [0.717, 1.165) is 40.9 Å². The molecule has 2 aromatic carbocycles. The van der Waals surface area contributed by atoms with Crippen LogP contribution in [0.5, 0.6) is 0 Å². The molecule has 1 atom stereocenters. The van der Waals surface area contributed by atoms with Gasteiger partial charge in [0.25, 0.3) is 5.91 Å². The number of fused-ring (bicyclic) bond motifs is 1. The fourth-order valence-corrected chi connectivity index (χ4v) is 4.48. The first-order valence-electron chi connectivity index (χ1n) is 10.8. The Kier molecular flexibility index (Phi) is 5.52. The molecule has 7 nitrogen and oxygen atoms in total. The van der Waals surface area contributed by atoms with Gasteiger partial charge in [0.05, 0.1) is 16.8 Å². The third kappa shape index (κ3) is 4.17. The summed E-state index contributed by atoms with van der Waals surface area (Å²) in [7, 11) is 3.75. The Balaban J connectivity index is 1.47. The fraction of sp³-hybridized carbons (Fsp3) is 0.240. The molecule has 33 heavy (non-hydrogen) atoms. The molecule has 0 aliphatic carbocycles. The predicted molar refractivity (Wildman–Crippen MR) is 133 cm³/mol. The Morgan fingerprint density at radius 2 is 1.88 bits per heavy atom. The summed E-state index contributed by atoms with van der Waals surface area (Å²) in [5, 5.41) is 13.3. The first kappa shape index (κ1) is 21.4. The molecule has 2 N–H and O–H groups in total. The highest BCUT2D eigenvalue weighted by Gasteiger charge is 2.26. The van der Waals surface area contributed by atoms with Crippen molar-refractivity contribution >= 4 is 46.5 Å². The van der Waals surface area contributed by atoms with Crippen LogP contribution in [0.15, 0.2) is 48.8 Å². The molecule has 5 rings (SSSR count). The normalized spacial score (nSPS) is 18.5. The first-order chi connectivity index (χ1) is 15.9. The molecule has 1 saturated heterocycles. The van der Waals surface area contributed by atoms with Gasteiger partial charge in [0, 0.05) is 67.5 Å². The quantitative estimate of drug-likeness (QED) is 0.573. The maximum atomic E-state index is 12.7. The van der Waals surface area contributed by atoms with Gasteiger partial charge in [0.1, 0.15) is 0 Å². The second-order valence-corrected chi connectivity index (χ2v) is 8.94. The Hall–Kier alpha value is -3.42. The number of carbonyl (C=O) groups is 1. The molecule has 1 amide bonds. The summed E-state index contributed by atoms with van der Waals surface area (Å²) in [6, 6.07) is 11.9. The minimum Gasteiger partial charge on any atom is -0.391 e. The number of amides is 1. The van der Waals surface area contributed by atoms with Crippen LogP contribution in [0.1, 0.15) is 17.5 Å². The van der Waals surface area contributed by atoms with Crippen molar-refractivity contribution in [3.05, 3.63) is 64.9 Å². The van der Waals surface area contributed by atoms with Crippen LogP contribution in [0.4, 0.5) is 17.3 Å². The zero-order valence-corrected chi connectivity index (χ0v) is 19.2. The summed E-state index contributed by atoms with van der Waals surface area (Å²) < 4.78 is 0. The Morgan fingerprint density at radius 1 is 1.15 bits per heavy atom. The number of nitrogens with one attached hydrogen (secondary N) is 1. The second-order valence-electron chi connectivity index (χ2n) is 8.54. The number of hydrogen-bond donors (Lipinski definition) is 2. The van der Waals surface area contributed by atoms with Crippen molar-refractivity contribution in [3.63, 3.8) is 0 Å². The number of benzene rings is 2. The summed E-state index contributed by atoms with van der Waals surface area (Å²) in [5.74, 6) is 0.423. The van der Waals surface area contributed by atoms with E-state index in [-0.39, 0.29) is 12.0 Å². The number of anilines is 3. The molecule has 8 heteroatoms. The van der Waals surface area contributed by atoms with E-state index in [1.165, 1.54) is 0 Å². The molecule has 3 aromatic rings. The van der Waals surface area contributed by atoms with Crippen LogP contribution in [0.2, 0.25) is 5.02 Å². The third-order valence-corrected chi connectivity index (χ3v) is 6.28. The van der Waals surface area contributed by atoms with Crippen molar-refractivity contribution in [2.75, 3.05) is 42.3 Å². The van der Waals surface area contributed by atoms with E-state index < -0.39 is 0 Å². The van der Waals surface area contributed by atoms with E-state index in [0.29, 0.717) is 28.8 Å². The average molecular weight is 462 g/mol. The lowest BCUT2D eigenvalue weighted by Gasteiger charge is -2.18. The molecule has 3 heterocycles. The highest BCUT2D eigenvalue weighted by Crippen LogP contribution is 2.40. The molecular weight excluding hydrogens is 438 g/mol. The summed E-state index contributed by atoms with van der Waals surface area (Å²) in [5.41, 5.74) is 5.66. The number of aliphatic hydroxyl groups excluding tert-OH is 1. The van der Waals surface area contributed by atoms with Gasteiger partial charge in [0.15, 0.2) is 0 Å². The van der Waals surface area contributed by atoms with Crippen molar-refractivity contribution < 1.29 is 9.90 Å². The van der Waals surface area contributed by atoms with Gasteiger partial charge in [-0.15, -0.1) is 0 Å². The van der Waals surface area contributed by atoms with Gasteiger partial charge in [-0.25, -0.2) is 9.97 Å². The van der Waals surface area contributed by atoms with Gasteiger partial charge in [0.2, 0.25) is 5.95 Å². The molecule has 2 aliphatic heterocycles. The van der Waals surface area contributed by atoms with Crippen molar-refractivity contribution in [3.8, 4) is 11.1 Å². The smallest absolute Gasteiger partial charge is 0.256 e. The summed E-state index contributed by atoms with van der Waals surface area (Å²) in [4.78, 5) is 25.3. The van der Waals surface area contributed by atoms with Gasteiger partial charge in [-0.2, -0.15) is 0 Å². The van der Waals surface area contributed by atoms with Gasteiger partial charge in [-0.05, 0) is 42.3 Å². The molecular formula is C25H24ClN5O2. The van der Waals surface area contributed by atoms with Crippen LogP contribution in [0.3, 0.4) is 0 Å². The molecule has 1 unspecified atom stereocenters.